The number of amides is 1. The van der Waals surface area contributed by atoms with Gasteiger partial charge in [-0.1, -0.05) is 34.8 Å². The van der Waals surface area contributed by atoms with Crippen LogP contribution in [0.1, 0.15) is 38.5 Å². The van der Waals surface area contributed by atoms with Gasteiger partial charge in [-0.25, -0.2) is 4.79 Å². The maximum atomic E-state index is 12.4. The van der Waals surface area contributed by atoms with E-state index in [0.29, 0.717) is 17.8 Å². The molecule has 0 aromatic rings. The Morgan fingerprint density at radius 3 is 2.00 bits per heavy atom. The molecule has 4 bridgehead atoms. The molecule has 5 aliphatic rings. The minimum Gasteiger partial charge on any atom is -0.289 e. The minimum atomic E-state index is -1.85. The van der Waals surface area contributed by atoms with Crippen LogP contribution in [0.3, 0.4) is 0 Å². The summed E-state index contributed by atoms with van der Waals surface area (Å²) >= 11 is 19.2. The minimum absolute atomic E-state index is 0.146. The summed E-state index contributed by atoms with van der Waals surface area (Å²) in [4.78, 5) is 27.3. The van der Waals surface area contributed by atoms with Gasteiger partial charge in [-0.2, -0.15) is 4.99 Å². The third kappa shape index (κ3) is 1.96. The Balaban J connectivity index is 1.77. The average molecular weight is 382 g/mol. The molecule has 1 aliphatic heterocycles. The van der Waals surface area contributed by atoms with Crippen molar-refractivity contribution in [1.29, 1.82) is 0 Å². The van der Waals surface area contributed by atoms with Crippen LogP contribution in [-0.2, 0) is 4.79 Å². The van der Waals surface area contributed by atoms with Crippen molar-refractivity contribution in [3.8, 4) is 0 Å². The van der Waals surface area contributed by atoms with Crippen molar-refractivity contribution >= 4 is 57.9 Å². The summed E-state index contributed by atoms with van der Waals surface area (Å²) in [7, 11) is 0. The quantitative estimate of drug-likeness (QED) is 0.402. The molecule has 8 heteroatoms. The van der Waals surface area contributed by atoms with E-state index in [0.717, 1.165) is 31.0 Å². The summed E-state index contributed by atoms with van der Waals surface area (Å²) in [6.45, 7) is 0. The molecule has 0 aromatic heterocycles. The molecule has 4 nitrogen and oxygen atoms in total. The second-order valence-electron chi connectivity index (χ2n) is 7.15. The highest BCUT2D eigenvalue weighted by Crippen LogP contribution is 2.66. The van der Waals surface area contributed by atoms with Gasteiger partial charge in [-0.15, -0.1) is 0 Å². The molecule has 0 aromatic carbocycles. The highest BCUT2D eigenvalue weighted by Gasteiger charge is 2.72. The Hall–Kier alpha value is 0.0700. The highest BCUT2D eigenvalue weighted by molar-refractivity contribution is 8.16. The van der Waals surface area contributed by atoms with Crippen LogP contribution in [0, 0.1) is 17.8 Å². The number of aliphatic imine (C=N–C) groups is 1. The summed E-state index contributed by atoms with van der Waals surface area (Å²) in [5.74, 6) is 1.91. The molecule has 1 saturated heterocycles. The Labute approximate surface area is 147 Å². The summed E-state index contributed by atoms with van der Waals surface area (Å²) in [6, 6.07) is 0. The van der Waals surface area contributed by atoms with Crippen molar-refractivity contribution < 1.29 is 9.59 Å². The number of hydrogen-bond acceptors (Lipinski definition) is 4. The van der Waals surface area contributed by atoms with Gasteiger partial charge in [-0.3, -0.25) is 9.69 Å². The van der Waals surface area contributed by atoms with E-state index in [9.17, 15) is 9.59 Å². The lowest BCUT2D eigenvalue weighted by Crippen LogP contribution is -2.74. The summed E-state index contributed by atoms with van der Waals surface area (Å²) in [6.07, 6.45) is 8.03. The second kappa shape index (κ2) is 4.80. The van der Waals surface area contributed by atoms with Crippen molar-refractivity contribution in [2.45, 2.75) is 52.9 Å². The van der Waals surface area contributed by atoms with E-state index in [4.69, 9.17) is 34.8 Å². The molecule has 5 rings (SSSR count). The Morgan fingerprint density at radius 1 is 1.14 bits per heavy atom. The Bertz CT molecular complexity index is 552. The van der Waals surface area contributed by atoms with Crippen LogP contribution in [0.5, 0.6) is 0 Å². The summed E-state index contributed by atoms with van der Waals surface area (Å²) < 4.78 is -1.85. The molecule has 1 unspecified atom stereocenters. The van der Waals surface area contributed by atoms with Gasteiger partial charge in [0.2, 0.25) is 9.87 Å². The SMILES string of the molecule is O=C=NC1(C(Cl)(Cl)Cl)SC(=O)N1C12CC3CC(CC(C3)C1)C2. The molecule has 0 N–H and O–H groups in total. The van der Waals surface area contributed by atoms with Crippen LogP contribution in [-0.4, -0.2) is 30.5 Å². The molecule has 0 spiro atoms. The summed E-state index contributed by atoms with van der Waals surface area (Å²) in [5, 5.41) is -0.146. The van der Waals surface area contributed by atoms with Gasteiger partial charge in [0.25, 0.3) is 10.2 Å². The van der Waals surface area contributed by atoms with Crippen molar-refractivity contribution in [3.05, 3.63) is 0 Å². The van der Waals surface area contributed by atoms with E-state index >= 15 is 0 Å². The van der Waals surface area contributed by atoms with Crippen LogP contribution >= 0.6 is 46.6 Å². The fourth-order valence-electron chi connectivity index (χ4n) is 5.53. The highest BCUT2D eigenvalue weighted by atomic mass is 35.6. The van der Waals surface area contributed by atoms with E-state index < -0.39 is 8.79 Å². The lowest BCUT2D eigenvalue weighted by Gasteiger charge is -2.66. The molecule has 0 radical (unpaired) electrons. The Morgan fingerprint density at radius 2 is 1.64 bits per heavy atom. The second-order valence-corrected chi connectivity index (χ2v) is 10.6. The number of thioether (sulfide) groups is 1. The maximum absolute atomic E-state index is 12.4. The maximum Gasteiger partial charge on any atom is 0.289 e. The van der Waals surface area contributed by atoms with Crippen molar-refractivity contribution in [2.24, 2.45) is 22.7 Å². The van der Waals surface area contributed by atoms with Gasteiger partial charge in [0.1, 0.15) is 0 Å². The largest absolute Gasteiger partial charge is 0.289 e. The molecule has 1 heterocycles. The van der Waals surface area contributed by atoms with E-state index in [2.05, 4.69) is 4.99 Å². The molecule has 1 amide bonds. The first-order valence-electron chi connectivity index (χ1n) is 7.49. The predicted molar refractivity (Wildman–Crippen MR) is 86.9 cm³/mol. The van der Waals surface area contributed by atoms with Gasteiger partial charge in [0.15, 0.2) is 0 Å². The van der Waals surface area contributed by atoms with Gasteiger partial charge in [0, 0.05) is 5.54 Å². The van der Waals surface area contributed by atoms with Crippen LogP contribution in [0.25, 0.3) is 0 Å². The first kappa shape index (κ1) is 15.6. The van der Waals surface area contributed by atoms with Gasteiger partial charge >= 0.3 is 0 Å². The zero-order valence-corrected chi connectivity index (χ0v) is 14.8. The van der Waals surface area contributed by atoms with E-state index in [-0.39, 0.29) is 10.8 Å². The van der Waals surface area contributed by atoms with E-state index in [1.807, 2.05) is 0 Å². The third-order valence-electron chi connectivity index (χ3n) is 5.76. The standard InChI is InChI=1S/C14H15Cl3N2O2S/c15-13(16,17)14(18-7-20)19(11(21)22-14)12-4-8-1-9(5-12)3-10(2-8)6-12/h8-10H,1-6H2. The smallest absolute Gasteiger partial charge is 0.289 e. The molecule has 22 heavy (non-hydrogen) atoms. The third-order valence-corrected chi connectivity index (χ3v) is 8.11. The molecular formula is C14H15Cl3N2O2S. The molecule has 1 atom stereocenters. The first-order chi connectivity index (χ1) is 10.3. The average Bonchev–Trinajstić information content (AvgIpc) is 2.33. The lowest BCUT2D eigenvalue weighted by atomic mass is 9.52. The van der Waals surface area contributed by atoms with Crippen LogP contribution in [0.15, 0.2) is 4.99 Å². The predicted octanol–water partition coefficient (Wildman–Crippen LogP) is 4.48. The normalized spacial score (nSPS) is 46.4. The number of hydrogen-bond donors (Lipinski definition) is 0. The molecular weight excluding hydrogens is 367 g/mol. The van der Waals surface area contributed by atoms with Crippen LogP contribution in [0.4, 0.5) is 4.79 Å². The first-order valence-corrected chi connectivity index (χ1v) is 9.44. The molecule has 4 aliphatic carbocycles. The number of isocyanates is 1. The number of nitrogens with zero attached hydrogens (tertiary/aromatic N) is 2. The number of carbonyl (C=O) groups excluding carboxylic acids is 2. The zero-order valence-electron chi connectivity index (χ0n) is 11.7. The van der Waals surface area contributed by atoms with Crippen molar-refractivity contribution in [1.82, 2.24) is 4.90 Å². The Kier molecular flexibility index (Phi) is 3.40. The number of rotatable bonds is 2. The van der Waals surface area contributed by atoms with Gasteiger partial charge in [0.05, 0.1) is 0 Å². The lowest BCUT2D eigenvalue weighted by molar-refractivity contribution is -0.0882. The summed E-state index contributed by atoms with van der Waals surface area (Å²) in [5.41, 5.74) is -0.304. The van der Waals surface area contributed by atoms with E-state index in [1.54, 1.807) is 4.90 Å². The molecule has 4 saturated carbocycles. The van der Waals surface area contributed by atoms with Crippen molar-refractivity contribution in [3.63, 3.8) is 0 Å². The fourth-order valence-corrected chi connectivity index (χ4v) is 7.36. The van der Waals surface area contributed by atoms with Crippen molar-refractivity contribution in [2.75, 3.05) is 0 Å². The van der Waals surface area contributed by atoms with Gasteiger partial charge < -0.3 is 0 Å². The topological polar surface area (TPSA) is 49.7 Å². The number of halogens is 3. The number of alkyl halides is 3. The number of carbonyl (C=O) groups is 1. The fraction of sp³-hybridized carbons (Fsp3) is 0.857. The van der Waals surface area contributed by atoms with Crippen LogP contribution in [0.2, 0.25) is 0 Å². The van der Waals surface area contributed by atoms with Gasteiger partial charge in [-0.05, 0) is 68.0 Å². The zero-order chi connectivity index (χ0) is 15.8. The monoisotopic (exact) mass is 380 g/mol. The van der Waals surface area contributed by atoms with Crippen LogP contribution < -0.4 is 0 Å². The molecule has 120 valence electrons. The molecule has 5 fully saturated rings. The van der Waals surface area contributed by atoms with E-state index in [1.165, 1.54) is 25.3 Å².